The zero-order chi connectivity index (χ0) is 18.3. The number of nitrogens with zero attached hydrogens (tertiary/aromatic N) is 3. The van der Waals surface area contributed by atoms with Gasteiger partial charge in [0.05, 0.1) is 29.5 Å². The van der Waals surface area contributed by atoms with E-state index in [0.717, 1.165) is 35.4 Å². The molecule has 1 aliphatic heterocycles. The standard InChI is InChI=1S/C19H18ClN3O3/c1-21-17(13-5-3-2-4-6-13)19(22-7-9-26-10-8-22)15-11-14(20)12-16(18(15)21)23(24)25/h2-6,11-12H,7-10H2,1H3. The fourth-order valence-electron chi connectivity index (χ4n) is 3.69. The summed E-state index contributed by atoms with van der Waals surface area (Å²) in [5, 5.41) is 12.8. The summed E-state index contributed by atoms with van der Waals surface area (Å²) in [6.07, 6.45) is 0. The Labute approximate surface area is 155 Å². The van der Waals surface area contributed by atoms with Crippen molar-refractivity contribution >= 4 is 33.9 Å². The number of nitro groups is 1. The molecule has 0 saturated carbocycles. The van der Waals surface area contributed by atoms with E-state index in [1.165, 1.54) is 6.07 Å². The summed E-state index contributed by atoms with van der Waals surface area (Å²) < 4.78 is 7.40. The zero-order valence-corrected chi connectivity index (χ0v) is 15.1. The first-order chi connectivity index (χ1) is 12.6. The summed E-state index contributed by atoms with van der Waals surface area (Å²) in [5.74, 6) is 0. The van der Waals surface area contributed by atoms with E-state index in [1.54, 1.807) is 0 Å². The lowest BCUT2D eigenvalue weighted by molar-refractivity contribution is -0.383. The van der Waals surface area contributed by atoms with Crippen LogP contribution in [0.1, 0.15) is 0 Å². The average molecular weight is 372 g/mol. The van der Waals surface area contributed by atoms with Crippen molar-refractivity contribution < 1.29 is 9.66 Å². The Morgan fingerprint density at radius 2 is 1.85 bits per heavy atom. The number of aromatic nitrogens is 1. The van der Waals surface area contributed by atoms with Gasteiger partial charge >= 0.3 is 0 Å². The maximum atomic E-state index is 11.7. The molecule has 134 valence electrons. The van der Waals surface area contributed by atoms with E-state index >= 15 is 0 Å². The van der Waals surface area contributed by atoms with Crippen LogP contribution in [0, 0.1) is 10.1 Å². The van der Waals surface area contributed by atoms with Crippen molar-refractivity contribution in [3.63, 3.8) is 0 Å². The van der Waals surface area contributed by atoms with E-state index in [0.29, 0.717) is 23.8 Å². The zero-order valence-electron chi connectivity index (χ0n) is 14.3. The molecule has 0 aliphatic carbocycles. The SMILES string of the molecule is Cn1c(-c2ccccc2)c(N2CCOCC2)c2cc(Cl)cc([N+](=O)[O-])c21. The number of nitro benzene ring substituents is 1. The molecule has 0 atom stereocenters. The van der Waals surface area contributed by atoms with Gasteiger partial charge in [-0.15, -0.1) is 0 Å². The molecule has 1 aromatic heterocycles. The van der Waals surface area contributed by atoms with Crippen molar-refractivity contribution in [2.75, 3.05) is 31.2 Å². The summed E-state index contributed by atoms with van der Waals surface area (Å²) >= 11 is 6.23. The van der Waals surface area contributed by atoms with Gasteiger partial charge in [0.25, 0.3) is 5.69 Å². The number of rotatable bonds is 3. The van der Waals surface area contributed by atoms with E-state index in [-0.39, 0.29) is 10.6 Å². The Morgan fingerprint density at radius 3 is 2.50 bits per heavy atom. The lowest BCUT2D eigenvalue weighted by Gasteiger charge is -2.29. The first-order valence-corrected chi connectivity index (χ1v) is 8.80. The summed E-state index contributed by atoms with van der Waals surface area (Å²) in [7, 11) is 1.87. The smallest absolute Gasteiger partial charge is 0.295 e. The summed E-state index contributed by atoms with van der Waals surface area (Å²) in [5.41, 5.74) is 3.54. The van der Waals surface area contributed by atoms with Gasteiger partial charge in [0, 0.05) is 42.2 Å². The van der Waals surface area contributed by atoms with E-state index < -0.39 is 0 Å². The molecule has 0 amide bonds. The highest BCUT2D eigenvalue weighted by Crippen LogP contribution is 2.44. The molecule has 6 nitrogen and oxygen atoms in total. The average Bonchev–Trinajstić information content (AvgIpc) is 2.94. The van der Waals surface area contributed by atoms with Crippen molar-refractivity contribution in [3.8, 4) is 11.3 Å². The number of fused-ring (bicyclic) bond motifs is 1. The van der Waals surface area contributed by atoms with Crippen LogP contribution >= 0.6 is 11.6 Å². The number of ether oxygens (including phenoxy) is 1. The number of hydrogen-bond acceptors (Lipinski definition) is 4. The molecule has 0 bridgehead atoms. The lowest BCUT2D eigenvalue weighted by atomic mass is 10.1. The summed E-state index contributed by atoms with van der Waals surface area (Å²) in [6.45, 7) is 2.74. The van der Waals surface area contributed by atoms with Gasteiger partial charge in [0.2, 0.25) is 0 Å². The molecule has 0 unspecified atom stereocenters. The van der Waals surface area contributed by atoms with Crippen molar-refractivity contribution in [1.82, 2.24) is 4.57 Å². The van der Waals surface area contributed by atoms with Crippen molar-refractivity contribution in [2.45, 2.75) is 0 Å². The van der Waals surface area contributed by atoms with Gasteiger partial charge in [-0.25, -0.2) is 0 Å². The third-order valence-corrected chi connectivity index (χ3v) is 4.99. The molecule has 0 N–H and O–H groups in total. The van der Waals surface area contributed by atoms with Crippen molar-refractivity contribution in [1.29, 1.82) is 0 Å². The van der Waals surface area contributed by atoms with Crippen molar-refractivity contribution in [2.24, 2.45) is 7.05 Å². The third kappa shape index (κ3) is 2.71. The Bertz CT molecular complexity index is 979. The summed E-state index contributed by atoms with van der Waals surface area (Å²) in [4.78, 5) is 13.5. The first kappa shape index (κ1) is 16.9. The number of morpholine rings is 1. The fraction of sp³-hybridized carbons (Fsp3) is 0.263. The van der Waals surface area contributed by atoms with E-state index in [4.69, 9.17) is 16.3 Å². The highest BCUT2D eigenvalue weighted by Gasteiger charge is 2.28. The third-order valence-electron chi connectivity index (χ3n) is 4.78. The number of anilines is 1. The van der Waals surface area contributed by atoms with Crippen molar-refractivity contribution in [3.05, 3.63) is 57.6 Å². The first-order valence-electron chi connectivity index (χ1n) is 8.42. The van der Waals surface area contributed by atoms with Crippen LogP contribution < -0.4 is 4.90 Å². The topological polar surface area (TPSA) is 60.5 Å². The Kier molecular flexibility index (Phi) is 4.30. The fourth-order valence-corrected chi connectivity index (χ4v) is 3.90. The largest absolute Gasteiger partial charge is 0.378 e. The van der Waals surface area contributed by atoms with Gasteiger partial charge in [-0.2, -0.15) is 0 Å². The molecule has 2 aromatic carbocycles. The van der Waals surface area contributed by atoms with Crippen LogP contribution in [0.2, 0.25) is 5.02 Å². The molecule has 7 heteroatoms. The van der Waals surface area contributed by atoms with Gasteiger partial charge < -0.3 is 14.2 Å². The van der Waals surface area contributed by atoms with Gasteiger partial charge in [-0.1, -0.05) is 41.9 Å². The number of hydrogen-bond donors (Lipinski definition) is 0. The maximum absolute atomic E-state index is 11.7. The highest BCUT2D eigenvalue weighted by atomic mass is 35.5. The van der Waals surface area contributed by atoms with Crippen LogP contribution in [-0.2, 0) is 11.8 Å². The Hall–Kier alpha value is -2.57. The quantitative estimate of drug-likeness (QED) is 0.510. The van der Waals surface area contributed by atoms with Gasteiger partial charge in [-0.05, 0) is 6.07 Å². The van der Waals surface area contributed by atoms with Crippen LogP contribution in [0.25, 0.3) is 22.2 Å². The minimum Gasteiger partial charge on any atom is -0.378 e. The monoisotopic (exact) mass is 371 g/mol. The molecule has 1 fully saturated rings. The molecule has 0 radical (unpaired) electrons. The molecule has 2 heterocycles. The van der Waals surface area contributed by atoms with Crippen LogP contribution in [0.3, 0.4) is 0 Å². The predicted octanol–water partition coefficient (Wildman–Crippen LogP) is 4.24. The molecule has 1 aliphatic rings. The predicted molar refractivity (Wildman–Crippen MR) is 103 cm³/mol. The maximum Gasteiger partial charge on any atom is 0.295 e. The second-order valence-corrected chi connectivity index (χ2v) is 6.74. The normalized spacial score (nSPS) is 14.8. The molecule has 26 heavy (non-hydrogen) atoms. The number of aryl methyl sites for hydroxylation is 1. The lowest BCUT2D eigenvalue weighted by Crippen LogP contribution is -2.36. The number of halogens is 1. The van der Waals surface area contributed by atoms with Gasteiger partial charge in [0.15, 0.2) is 0 Å². The van der Waals surface area contributed by atoms with E-state index in [9.17, 15) is 10.1 Å². The second kappa shape index (κ2) is 6.63. The van der Waals surface area contributed by atoms with Crippen LogP contribution in [0.4, 0.5) is 11.4 Å². The Balaban J connectivity index is 2.09. The highest BCUT2D eigenvalue weighted by molar-refractivity contribution is 6.32. The van der Waals surface area contributed by atoms with Crippen LogP contribution in [0.5, 0.6) is 0 Å². The molecule has 3 aromatic rings. The molecular weight excluding hydrogens is 354 g/mol. The second-order valence-electron chi connectivity index (χ2n) is 6.30. The minimum atomic E-state index is -0.369. The molecular formula is C19H18ClN3O3. The van der Waals surface area contributed by atoms with Crippen LogP contribution in [0.15, 0.2) is 42.5 Å². The van der Waals surface area contributed by atoms with Gasteiger partial charge in [0.1, 0.15) is 5.52 Å². The van der Waals surface area contributed by atoms with E-state index in [2.05, 4.69) is 4.90 Å². The number of non-ortho nitro benzene ring substituents is 1. The molecule has 4 rings (SSSR count). The molecule has 0 spiro atoms. The van der Waals surface area contributed by atoms with E-state index in [1.807, 2.05) is 48.0 Å². The minimum absolute atomic E-state index is 0.0201. The molecule has 1 saturated heterocycles. The van der Waals surface area contributed by atoms with Gasteiger partial charge in [-0.3, -0.25) is 10.1 Å². The Morgan fingerprint density at radius 1 is 1.15 bits per heavy atom. The summed E-state index contributed by atoms with van der Waals surface area (Å²) in [6, 6.07) is 13.2. The van der Waals surface area contributed by atoms with Crippen LogP contribution in [-0.4, -0.2) is 35.8 Å². The number of benzene rings is 2.